The second-order valence-corrected chi connectivity index (χ2v) is 4.68. The van der Waals surface area contributed by atoms with Crippen LogP contribution in [0.25, 0.3) is 0 Å². The van der Waals surface area contributed by atoms with Crippen molar-refractivity contribution in [2.75, 3.05) is 59.4 Å². The third kappa shape index (κ3) is 6.61. The molecule has 2 N–H and O–H groups in total. The third-order valence-corrected chi connectivity index (χ3v) is 2.99. The SMILES string of the molecule is CCCNC(=O)CN(C)CCN1CCNCC1. The number of amides is 1. The topological polar surface area (TPSA) is 47.6 Å². The van der Waals surface area contributed by atoms with Gasteiger partial charge in [0, 0.05) is 45.8 Å². The summed E-state index contributed by atoms with van der Waals surface area (Å²) >= 11 is 0. The monoisotopic (exact) mass is 242 g/mol. The fraction of sp³-hybridized carbons (Fsp3) is 0.917. The van der Waals surface area contributed by atoms with Gasteiger partial charge >= 0.3 is 0 Å². The Morgan fingerprint density at radius 3 is 2.76 bits per heavy atom. The molecule has 0 aromatic carbocycles. The van der Waals surface area contributed by atoms with Crippen LogP contribution in [0.3, 0.4) is 0 Å². The van der Waals surface area contributed by atoms with E-state index in [9.17, 15) is 4.79 Å². The van der Waals surface area contributed by atoms with Crippen molar-refractivity contribution in [3.05, 3.63) is 0 Å². The Bertz CT molecular complexity index is 217. The van der Waals surface area contributed by atoms with E-state index in [1.807, 2.05) is 7.05 Å². The molecule has 0 atom stereocenters. The highest BCUT2D eigenvalue weighted by Gasteiger charge is 2.11. The van der Waals surface area contributed by atoms with Crippen molar-refractivity contribution in [2.45, 2.75) is 13.3 Å². The van der Waals surface area contributed by atoms with Crippen LogP contribution in [-0.4, -0.2) is 75.1 Å². The van der Waals surface area contributed by atoms with Crippen LogP contribution in [0.1, 0.15) is 13.3 Å². The standard InChI is InChI=1S/C12H26N4O/c1-3-4-14-12(17)11-15(2)9-10-16-7-5-13-6-8-16/h13H,3-11H2,1-2H3,(H,14,17). The minimum Gasteiger partial charge on any atom is -0.355 e. The Balaban J connectivity index is 2.07. The van der Waals surface area contributed by atoms with E-state index in [0.717, 1.165) is 52.2 Å². The lowest BCUT2D eigenvalue weighted by molar-refractivity contribution is -0.121. The van der Waals surface area contributed by atoms with Crippen molar-refractivity contribution < 1.29 is 4.79 Å². The van der Waals surface area contributed by atoms with E-state index in [-0.39, 0.29) is 5.91 Å². The number of hydrogen-bond acceptors (Lipinski definition) is 4. The number of nitrogens with zero attached hydrogens (tertiary/aromatic N) is 2. The van der Waals surface area contributed by atoms with Gasteiger partial charge in [0.2, 0.25) is 5.91 Å². The van der Waals surface area contributed by atoms with Crippen molar-refractivity contribution in [3.63, 3.8) is 0 Å². The zero-order valence-electron chi connectivity index (χ0n) is 11.2. The molecule has 0 saturated carbocycles. The summed E-state index contributed by atoms with van der Waals surface area (Å²) in [4.78, 5) is 16.0. The smallest absolute Gasteiger partial charge is 0.234 e. The molecule has 1 aliphatic rings. The van der Waals surface area contributed by atoms with Crippen molar-refractivity contribution in [2.24, 2.45) is 0 Å². The summed E-state index contributed by atoms with van der Waals surface area (Å²) in [6, 6.07) is 0. The summed E-state index contributed by atoms with van der Waals surface area (Å²) in [6.45, 7) is 9.77. The summed E-state index contributed by atoms with van der Waals surface area (Å²) in [5.41, 5.74) is 0. The van der Waals surface area contributed by atoms with Crippen molar-refractivity contribution in [1.82, 2.24) is 20.4 Å². The lowest BCUT2D eigenvalue weighted by Gasteiger charge is -2.28. The highest BCUT2D eigenvalue weighted by atomic mass is 16.2. The van der Waals surface area contributed by atoms with E-state index in [1.54, 1.807) is 0 Å². The first-order chi connectivity index (χ1) is 8.22. The molecule has 1 heterocycles. The molecule has 17 heavy (non-hydrogen) atoms. The quantitative estimate of drug-likeness (QED) is 0.623. The van der Waals surface area contributed by atoms with Gasteiger partial charge in [-0.2, -0.15) is 0 Å². The van der Waals surface area contributed by atoms with Gasteiger partial charge in [-0.05, 0) is 13.5 Å². The van der Waals surface area contributed by atoms with Crippen molar-refractivity contribution >= 4 is 5.91 Å². The molecule has 100 valence electrons. The number of nitrogens with one attached hydrogen (secondary N) is 2. The minimum absolute atomic E-state index is 0.134. The van der Waals surface area contributed by atoms with E-state index in [2.05, 4.69) is 27.4 Å². The molecule has 0 radical (unpaired) electrons. The van der Waals surface area contributed by atoms with Crippen LogP contribution in [0.15, 0.2) is 0 Å². The van der Waals surface area contributed by atoms with Crippen LogP contribution in [-0.2, 0) is 4.79 Å². The first-order valence-corrected chi connectivity index (χ1v) is 6.60. The van der Waals surface area contributed by atoms with Crippen molar-refractivity contribution in [3.8, 4) is 0 Å². The number of rotatable bonds is 7. The molecule has 0 aliphatic carbocycles. The molecule has 0 aromatic rings. The highest BCUT2D eigenvalue weighted by Crippen LogP contribution is 1.93. The fourth-order valence-electron chi connectivity index (χ4n) is 1.89. The lowest BCUT2D eigenvalue weighted by Crippen LogP contribution is -2.46. The molecule has 5 heteroatoms. The maximum absolute atomic E-state index is 11.5. The van der Waals surface area contributed by atoms with Crippen LogP contribution < -0.4 is 10.6 Å². The largest absolute Gasteiger partial charge is 0.355 e. The molecule has 1 aliphatic heterocycles. The van der Waals surface area contributed by atoms with E-state index < -0.39 is 0 Å². The molecular formula is C12H26N4O. The molecule has 1 rings (SSSR count). The van der Waals surface area contributed by atoms with Gasteiger partial charge in [-0.25, -0.2) is 0 Å². The molecule has 1 saturated heterocycles. The fourth-order valence-corrected chi connectivity index (χ4v) is 1.89. The van der Waals surface area contributed by atoms with Gasteiger partial charge in [0.15, 0.2) is 0 Å². The van der Waals surface area contributed by atoms with Gasteiger partial charge in [0.25, 0.3) is 0 Å². The Morgan fingerprint density at radius 1 is 1.41 bits per heavy atom. The second kappa shape index (κ2) is 8.44. The number of carbonyl (C=O) groups excluding carboxylic acids is 1. The maximum Gasteiger partial charge on any atom is 0.234 e. The Hall–Kier alpha value is -0.650. The molecule has 0 bridgehead atoms. The van der Waals surface area contributed by atoms with Crippen LogP contribution in [0.5, 0.6) is 0 Å². The number of piperazine rings is 1. The Kier molecular flexibility index (Phi) is 7.16. The van der Waals surface area contributed by atoms with Gasteiger partial charge in [-0.3, -0.25) is 14.6 Å². The summed E-state index contributed by atoms with van der Waals surface area (Å²) in [7, 11) is 2.01. The lowest BCUT2D eigenvalue weighted by atomic mass is 10.3. The number of hydrogen-bond donors (Lipinski definition) is 2. The number of likely N-dealkylation sites (N-methyl/N-ethyl adjacent to an activating group) is 1. The molecule has 0 spiro atoms. The van der Waals surface area contributed by atoms with E-state index >= 15 is 0 Å². The molecule has 1 amide bonds. The van der Waals surface area contributed by atoms with Gasteiger partial charge in [-0.15, -0.1) is 0 Å². The first-order valence-electron chi connectivity index (χ1n) is 6.60. The van der Waals surface area contributed by atoms with Gasteiger partial charge < -0.3 is 10.6 Å². The van der Waals surface area contributed by atoms with E-state index in [4.69, 9.17) is 0 Å². The molecule has 5 nitrogen and oxygen atoms in total. The van der Waals surface area contributed by atoms with Gasteiger partial charge in [-0.1, -0.05) is 6.92 Å². The minimum atomic E-state index is 0.134. The average Bonchev–Trinajstić information content (AvgIpc) is 2.35. The van der Waals surface area contributed by atoms with E-state index in [1.165, 1.54) is 0 Å². The normalized spacial score (nSPS) is 17.4. The van der Waals surface area contributed by atoms with Crippen LogP contribution in [0.2, 0.25) is 0 Å². The molecular weight excluding hydrogens is 216 g/mol. The van der Waals surface area contributed by atoms with Crippen LogP contribution in [0, 0.1) is 0 Å². The third-order valence-electron chi connectivity index (χ3n) is 2.99. The Morgan fingerprint density at radius 2 is 2.12 bits per heavy atom. The Labute approximate surface area is 105 Å². The average molecular weight is 242 g/mol. The summed E-state index contributed by atoms with van der Waals surface area (Å²) < 4.78 is 0. The van der Waals surface area contributed by atoms with E-state index in [0.29, 0.717) is 6.54 Å². The van der Waals surface area contributed by atoms with Crippen LogP contribution >= 0.6 is 0 Å². The molecule has 0 unspecified atom stereocenters. The maximum atomic E-state index is 11.5. The van der Waals surface area contributed by atoms with Gasteiger partial charge in [0.1, 0.15) is 0 Å². The molecule has 0 aromatic heterocycles. The number of carbonyl (C=O) groups is 1. The van der Waals surface area contributed by atoms with Crippen molar-refractivity contribution in [1.29, 1.82) is 0 Å². The zero-order valence-corrected chi connectivity index (χ0v) is 11.2. The highest BCUT2D eigenvalue weighted by molar-refractivity contribution is 5.77. The predicted octanol–water partition coefficient (Wildman–Crippen LogP) is -0.650. The zero-order chi connectivity index (χ0) is 12.5. The summed E-state index contributed by atoms with van der Waals surface area (Å²) in [5.74, 6) is 0.134. The second-order valence-electron chi connectivity index (χ2n) is 4.68. The first kappa shape index (κ1) is 14.4. The van der Waals surface area contributed by atoms with Crippen LogP contribution in [0.4, 0.5) is 0 Å². The van der Waals surface area contributed by atoms with Gasteiger partial charge in [0.05, 0.1) is 6.54 Å². The summed E-state index contributed by atoms with van der Waals surface area (Å²) in [5, 5.41) is 6.24. The summed E-state index contributed by atoms with van der Waals surface area (Å²) in [6.07, 6.45) is 0.996. The predicted molar refractivity (Wildman–Crippen MR) is 70.1 cm³/mol. The molecule has 1 fully saturated rings.